The van der Waals surface area contributed by atoms with Crippen molar-refractivity contribution in [2.24, 2.45) is 0 Å². The van der Waals surface area contributed by atoms with Crippen LogP contribution < -0.4 is 0 Å². The van der Waals surface area contributed by atoms with Crippen molar-refractivity contribution in [3.05, 3.63) is 29.6 Å². The Hall–Kier alpha value is -1.82. The van der Waals surface area contributed by atoms with E-state index in [1.54, 1.807) is 0 Å². The predicted molar refractivity (Wildman–Crippen MR) is 82.5 cm³/mol. The van der Waals surface area contributed by atoms with Crippen LogP contribution in [0.2, 0.25) is 0 Å². The molecule has 0 saturated carbocycles. The first-order valence-corrected chi connectivity index (χ1v) is 7.59. The van der Waals surface area contributed by atoms with Gasteiger partial charge in [-0.3, -0.25) is 0 Å². The molecule has 3 heteroatoms. The monoisotopic (exact) mass is 269 g/mol. The summed E-state index contributed by atoms with van der Waals surface area (Å²) < 4.78 is 2.23. The molecule has 0 aliphatic carbocycles. The highest BCUT2D eigenvalue weighted by Crippen LogP contribution is 2.19. The van der Waals surface area contributed by atoms with Gasteiger partial charge in [0, 0.05) is 6.54 Å². The number of hydrogen-bond donors (Lipinski definition) is 0. The van der Waals surface area contributed by atoms with Gasteiger partial charge in [0.1, 0.15) is 5.82 Å². The summed E-state index contributed by atoms with van der Waals surface area (Å²) in [5, 5.41) is 8.96. The first-order valence-electron chi connectivity index (χ1n) is 7.59. The molecule has 3 nitrogen and oxygen atoms in total. The summed E-state index contributed by atoms with van der Waals surface area (Å²) >= 11 is 0. The highest BCUT2D eigenvalue weighted by atomic mass is 15.1. The third-order valence-corrected chi connectivity index (χ3v) is 3.71. The number of hydrogen-bond acceptors (Lipinski definition) is 2. The SMILES string of the molecule is CCCCCCCn1c(CC#N)nc2cc(C)ccc21. The van der Waals surface area contributed by atoms with Crippen LogP contribution >= 0.6 is 0 Å². The number of fused-ring (bicyclic) bond motifs is 1. The Bertz CT molecular complexity index is 604. The molecule has 0 atom stereocenters. The molecule has 106 valence electrons. The fourth-order valence-electron chi connectivity index (χ4n) is 2.62. The first kappa shape index (κ1) is 14.6. The molecule has 0 radical (unpaired) electrons. The van der Waals surface area contributed by atoms with E-state index in [1.165, 1.54) is 31.2 Å². The Kier molecular flexibility index (Phi) is 5.17. The van der Waals surface area contributed by atoms with E-state index in [9.17, 15) is 0 Å². The molecule has 20 heavy (non-hydrogen) atoms. The van der Waals surface area contributed by atoms with Gasteiger partial charge in [0.15, 0.2) is 0 Å². The van der Waals surface area contributed by atoms with Crippen molar-refractivity contribution in [3.8, 4) is 6.07 Å². The molecule has 1 heterocycles. The lowest BCUT2D eigenvalue weighted by molar-refractivity contribution is 0.566. The van der Waals surface area contributed by atoms with Crippen molar-refractivity contribution < 1.29 is 0 Å². The van der Waals surface area contributed by atoms with Crippen molar-refractivity contribution >= 4 is 11.0 Å². The number of aryl methyl sites for hydroxylation is 2. The van der Waals surface area contributed by atoms with Crippen LogP contribution in [0.4, 0.5) is 0 Å². The van der Waals surface area contributed by atoms with E-state index >= 15 is 0 Å². The number of nitrogens with zero attached hydrogens (tertiary/aromatic N) is 3. The largest absolute Gasteiger partial charge is 0.327 e. The molecule has 0 fully saturated rings. The zero-order chi connectivity index (χ0) is 14.4. The number of unbranched alkanes of at least 4 members (excludes halogenated alkanes) is 4. The van der Waals surface area contributed by atoms with E-state index < -0.39 is 0 Å². The smallest absolute Gasteiger partial charge is 0.124 e. The maximum atomic E-state index is 8.96. The zero-order valence-corrected chi connectivity index (χ0v) is 12.5. The number of rotatable bonds is 7. The summed E-state index contributed by atoms with van der Waals surface area (Å²) in [6, 6.07) is 8.58. The highest BCUT2D eigenvalue weighted by molar-refractivity contribution is 5.77. The fraction of sp³-hybridized carbons (Fsp3) is 0.529. The Labute approximate surface area is 121 Å². The molecule has 0 unspecified atom stereocenters. The van der Waals surface area contributed by atoms with Gasteiger partial charge in [-0.2, -0.15) is 5.26 Å². The highest BCUT2D eigenvalue weighted by Gasteiger charge is 2.10. The van der Waals surface area contributed by atoms with Crippen molar-refractivity contribution in [2.75, 3.05) is 0 Å². The number of imidazole rings is 1. The van der Waals surface area contributed by atoms with Crippen LogP contribution in [0.25, 0.3) is 11.0 Å². The van der Waals surface area contributed by atoms with E-state index in [-0.39, 0.29) is 0 Å². The Morgan fingerprint density at radius 1 is 1.20 bits per heavy atom. The van der Waals surface area contributed by atoms with Gasteiger partial charge in [-0.1, -0.05) is 38.7 Å². The zero-order valence-electron chi connectivity index (χ0n) is 12.5. The van der Waals surface area contributed by atoms with Gasteiger partial charge in [0.2, 0.25) is 0 Å². The summed E-state index contributed by atoms with van der Waals surface area (Å²) in [5.41, 5.74) is 3.40. The molecule has 0 N–H and O–H groups in total. The van der Waals surface area contributed by atoms with Crippen LogP contribution in [0.15, 0.2) is 18.2 Å². The number of aromatic nitrogens is 2. The van der Waals surface area contributed by atoms with Crippen LogP contribution in [0.3, 0.4) is 0 Å². The summed E-state index contributed by atoms with van der Waals surface area (Å²) in [7, 11) is 0. The van der Waals surface area contributed by atoms with Gasteiger partial charge < -0.3 is 4.57 Å². The lowest BCUT2D eigenvalue weighted by Crippen LogP contribution is -2.03. The summed E-state index contributed by atoms with van der Waals surface area (Å²) in [6.45, 7) is 5.28. The quantitative estimate of drug-likeness (QED) is 0.700. The number of benzene rings is 1. The third-order valence-electron chi connectivity index (χ3n) is 3.71. The molecule has 0 amide bonds. The molecule has 0 aliphatic rings. The molecule has 2 aromatic rings. The van der Waals surface area contributed by atoms with E-state index in [0.29, 0.717) is 6.42 Å². The molecule has 0 aliphatic heterocycles. The Balaban J connectivity index is 2.16. The molecule has 0 bridgehead atoms. The van der Waals surface area contributed by atoms with Crippen LogP contribution in [-0.2, 0) is 13.0 Å². The van der Waals surface area contributed by atoms with Crippen LogP contribution in [-0.4, -0.2) is 9.55 Å². The van der Waals surface area contributed by atoms with E-state index in [1.807, 2.05) is 0 Å². The molecule has 1 aromatic carbocycles. The number of nitriles is 1. The van der Waals surface area contributed by atoms with Crippen LogP contribution in [0.5, 0.6) is 0 Å². The van der Waals surface area contributed by atoms with Gasteiger partial charge in [0.05, 0.1) is 23.5 Å². The second-order valence-corrected chi connectivity index (χ2v) is 5.42. The second-order valence-electron chi connectivity index (χ2n) is 5.42. The maximum absolute atomic E-state index is 8.96. The minimum Gasteiger partial charge on any atom is -0.327 e. The van der Waals surface area contributed by atoms with E-state index in [4.69, 9.17) is 5.26 Å². The third kappa shape index (κ3) is 3.39. The van der Waals surface area contributed by atoms with Crippen molar-refractivity contribution in [2.45, 2.75) is 58.9 Å². The van der Waals surface area contributed by atoms with Gasteiger partial charge in [-0.25, -0.2) is 4.98 Å². The minimum absolute atomic E-state index is 0.392. The molecule has 0 spiro atoms. The first-order chi connectivity index (χ1) is 9.76. The molecular weight excluding hydrogens is 246 g/mol. The fourth-order valence-corrected chi connectivity index (χ4v) is 2.62. The van der Waals surface area contributed by atoms with Gasteiger partial charge in [0.25, 0.3) is 0 Å². The van der Waals surface area contributed by atoms with Gasteiger partial charge >= 0.3 is 0 Å². The minimum atomic E-state index is 0.392. The standard InChI is InChI=1S/C17H23N3/c1-3-4-5-6-7-12-20-16-9-8-14(2)13-15(16)19-17(20)10-11-18/h8-9,13H,3-7,10,12H2,1-2H3. The van der Waals surface area contributed by atoms with Crippen molar-refractivity contribution in [1.29, 1.82) is 5.26 Å². The average molecular weight is 269 g/mol. The molecular formula is C17H23N3. The lowest BCUT2D eigenvalue weighted by atomic mass is 10.1. The lowest BCUT2D eigenvalue weighted by Gasteiger charge is -2.07. The molecule has 0 saturated heterocycles. The van der Waals surface area contributed by atoms with Crippen LogP contribution in [0.1, 0.15) is 50.4 Å². The summed E-state index contributed by atoms with van der Waals surface area (Å²) in [4.78, 5) is 4.62. The van der Waals surface area contributed by atoms with Crippen molar-refractivity contribution in [3.63, 3.8) is 0 Å². The van der Waals surface area contributed by atoms with Gasteiger partial charge in [-0.15, -0.1) is 0 Å². The average Bonchev–Trinajstić information content (AvgIpc) is 2.76. The van der Waals surface area contributed by atoms with Crippen LogP contribution in [0, 0.1) is 18.3 Å². The van der Waals surface area contributed by atoms with E-state index in [0.717, 1.165) is 29.8 Å². The maximum Gasteiger partial charge on any atom is 0.124 e. The normalized spacial score (nSPS) is 10.8. The molecule has 1 aromatic heterocycles. The van der Waals surface area contributed by atoms with E-state index in [2.05, 4.69) is 47.7 Å². The Morgan fingerprint density at radius 2 is 2.00 bits per heavy atom. The summed E-state index contributed by atoms with van der Waals surface area (Å²) in [5.74, 6) is 0.906. The summed E-state index contributed by atoms with van der Waals surface area (Å²) in [6.07, 6.45) is 6.70. The van der Waals surface area contributed by atoms with Crippen molar-refractivity contribution in [1.82, 2.24) is 9.55 Å². The topological polar surface area (TPSA) is 41.6 Å². The van der Waals surface area contributed by atoms with Gasteiger partial charge in [-0.05, 0) is 31.0 Å². The molecule has 2 rings (SSSR count). The Morgan fingerprint density at radius 3 is 2.75 bits per heavy atom. The predicted octanol–water partition coefficient (Wildman–Crippen LogP) is 4.38. The second kappa shape index (κ2) is 7.09.